The summed E-state index contributed by atoms with van der Waals surface area (Å²) in [5.41, 5.74) is 2.72. The minimum absolute atomic E-state index is 0.0968. The Balaban J connectivity index is 2.96. The molecule has 1 unspecified atom stereocenters. The zero-order chi connectivity index (χ0) is 15.5. The minimum atomic E-state index is 0.0968. The second kappa shape index (κ2) is 6.66. The lowest BCUT2D eigenvalue weighted by Gasteiger charge is -2.39. The van der Waals surface area contributed by atoms with Crippen molar-refractivity contribution in [3.63, 3.8) is 0 Å². The van der Waals surface area contributed by atoms with Gasteiger partial charge in [0.25, 0.3) is 0 Å². The minimum Gasteiger partial charge on any atom is -0.501 e. The first-order valence-electron chi connectivity index (χ1n) is 7.55. The van der Waals surface area contributed by atoms with Gasteiger partial charge in [-0.3, -0.25) is 0 Å². The van der Waals surface area contributed by atoms with Gasteiger partial charge in [-0.1, -0.05) is 20.8 Å². The zero-order valence-electron chi connectivity index (χ0n) is 14.6. The van der Waals surface area contributed by atoms with Crippen molar-refractivity contribution in [3.05, 3.63) is 23.1 Å². The molecular weight excluding hydrogens is 248 g/mol. The van der Waals surface area contributed by atoms with Crippen molar-refractivity contribution in [2.45, 2.75) is 47.6 Å². The zero-order valence-corrected chi connectivity index (χ0v) is 14.6. The molecule has 0 aliphatic carbocycles. The molecule has 0 radical (unpaired) electrons. The van der Waals surface area contributed by atoms with Crippen LogP contribution in [0.3, 0.4) is 0 Å². The average Bonchev–Trinajstić information content (AvgIpc) is 2.36. The van der Waals surface area contributed by atoms with Crippen LogP contribution in [0.1, 0.15) is 41.5 Å². The number of hydrogen-bond donors (Lipinski definition) is 0. The van der Waals surface area contributed by atoms with Crippen LogP contribution in [0.2, 0.25) is 0 Å². The van der Waals surface area contributed by atoms with Crippen LogP contribution >= 0.6 is 0 Å². The summed E-state index contributed by atoms with van der Waals surface area (Å²) in [5.74, 6) is 1.01. The highest BCUT2D eigenvalue weighted by molar-refractivity contribution is 5.30. The third kappa shape index (κ3) is 4.27. The molecule has 0 amide bonds. The third-order valence-electron chi connectivity index (χ3n) is 4.31. The molecule has 1 aliphatic rings. The summed E-state index contributed by atoms with van der Waals surface area (Å²) < 4.78 is 5.47. The molecule has 0 aromatic heterocycles. The van der Waals surface area contributed by atoms with Crippen LogP contribution < -0.4 is 0 Å². The topological polar surface area (TPSA) is 15.7 Å². The van der Waals surface area contributed by atoms with Crippen molar-refractivity contribution < 1.29 is 4.74 Å². The fourth-order valence-electron chi connectivity index (χ4n) is 2.63. The van der Waals surface area contributed by atoms with Gasteiger partial charge in [0.05, 0.1) is 12.9 Å². The van der Waals surface area contributed by atoms with E-state index < -0.39 is 0 Å². The van der Waals surface area contributed by atoms with E-state index in [1.54, 1.807) is 7.11 Å². The van der Waals surface area contributed by atoms with E-state index in [0.29, 0.717) is 6.04 Å². The summed E-state index contributed by atoms with van der Waals surface area (Å²) >= 11 is 0. The number of ether oxygens (including phenoxy) is 1. The largest absolute Gasteiger partial charge is 0.501 e. The van der Waals surface area contributed by atoms with Gasteiger partial charge in [0, 0.05) is 31.4 Å². The number of nitrogens with zero attached hydrogens (tertiary/aromatic N) is 2. The Morgan fingerprint density at radius 3 is 2.25 bits per heavy atom. The highest BCUT2D eigenvalue weighted by Gasteiger charge is 2.23. The van der Waals surface area contributed by atoms with Crippen LogP contribution in [0.15, 0.2) is 23.1 Å². The fraction of sp³-hybridized carbons (Fsp3) is 0.765. The Morgan fingerprint density at radius 1 is 1.20 bits per heavy atom. The predicted octanol–water partition coefficient (Wildman–Crippen LogP) is 3.49. The van der Waals surface area contributed by atoms with Gasteiger partial charge in [-0.05, 0) is 44.9 Å². The molecule has 0 saturated carbocycles. The Labute approximate surface area is 125 Å². The normalized spacial score (nSPS) is 23.7. The molecule has 116 valence electrons. The number of piperazine rings is 1. The lowest BCUT2D eigenvalue weighted by molar-refractivity contribution is 0.130. The van der Waals surface area contributed by atoms with Crippen LogP contribution in [-0.4, -0.2) is 49.6 Å². The summed E-state index contributed by atoms with van der Waals surface area (Å²) in [6.45, 7) is 16.6. The number of allylic oxidation sites excluding steroid dienone is 4. The Morgan fingerprint density at radius 2 is 1.80 bits per heavy atom. The van der Waals surface area contributed by atoms with E-state index in [-0.39, 0.29) is 5.41 Å². The average molecular weight is 280 g/mol. The van der Waals surface area contributed by atoms with Crippen molar-refractivity contribution >= 4 is 0 Å². The summed E-state index contributed by atoms with van der Waals surface area (Å²) in [7, 11) is 3.96. The molecular formula is C17H32N2O. The van der Waals surface area contributed by atoms with Gasteiger partial charge >= 0.3 is 0 Å². The van der Waals surface area contributed by atoms with Gasteiger partial charge in [-0.15, -0.1) is 0 Å². The van der Waals surface area contributed by atoms with Crippen molar-refractivity contribution in [1.82, 2.24) is 9.80 Å². The molecule has 1 atom stereocenters. The number of methoxy groups -OCH3 is 1. The first-order valence-corrected chi connectivity index (χ1v) is 7.55. The van der Waals surface area contributed by atoms with Gasteiger partial charge in [-0.25, -0.2) is 0 Å². The van der Waals surface area contributed by atoms with E-state index in [9.17, 15) is 0 Å². The maximum absolute atomic E-state index is 5.47. The molecule has 1 fully saturated rings. The smallest absolute Gasteiger partial charge is 0.0962 e. The van der Waals surface area contributed by atoms with Gasteiger partial charge in [-0.2, -0.15) is 0 Å². The standard InChI is InChI=1S/C17H32N2O/c1-13(19-10-9-18(7)14(2)12-19)11-16(15(3)20-8)17(4,5)6/h11,14H,9-10,12H2,1-8H3/b13-11+,16-15-. The number of hydrogen-bond acceptors (Lipinski definition) is 3. The summed E-state index contributed by atoms with van der Waals surface area (Å²) in [6.07, 6.45) is 2.30. The highest BCUT2D eigenvalue weighted by atomic mass is 16.5. The van der Waals surface area contributed by atoms with Gasteiger partial charge in [0.1, 0.15) is 0 Å². The predicted molar refractivity (Wildman–Crippen MR) is 86.6 cm³/mol. The summed E-state index contributed by atoms with van der Waals surface area (Å²) in [4.78, 5) is 4.91. The van der Waals surface area contributed by atoms with Crippen molar-refractivity contribution in [2.75, 3.05) is 33.8 Å². The first kappa shape index (κ1) is 17.1. The van der Waals surface area contributed by atoms with Crippen molar-refractivity contribution in [3.8, 4) is 0 Å². The lowest BCUT2D eigenvalue weighted by atomic mass is 9.85. The Hall–Kier alpha value is -0.960. The second-order valence-corrected chi connectivity index (χ2v) is 6.99. The molecule has 0 aromatic carbocycles. The molecule has 0 aromatic rings. The molecule has 20 heavy (non-hydrogen) atoms. The molecule has 1 aliphatic heterocycles. The van der Waals surface area contributed by atoms with Crippen LogP contribution in [-0.2, 0) is 4.74 Å². The molecule has 3 heteroatoms. The summed E-state index contributed by atoms with van der Waals surface area (Å²) in [5, 5.41) is 0. The van der Waals surface area contributed by atoms with E-state index >= 15 is 0 Å². The van der Waals surface area contributed by atoms with Crippen LogP contribution in [0.5, 0.6) is 0 Å². The number of rotatable bonds is 3. The maximum atomic E-state index is 5.47. The van der Waals surface area contributed by atoms with E-state index in [1.165, 1.54) is 11.3 Å². The molecule has 0 spiro atoms. The lowest BCUT2D eigenvalue weighted by Crippen LogP contribution is -2.49. The molecule has 1 saturated heterocycles. The van der Waals surface area contributed by atoms with E-state index in [1.807, 2.05) is 0 Å². The van der Waals surface area contributed by atoms with Gasteiger partial charge < -0.3 is 14.5 Å². The maximum Gasteiger partial charge on any atom is 0.0962 e. The second-order valence-electron chi connectivity index (χ2n) is 6.99. The molecule has 3 nitrogen and oxygen atoms in total. The molecule has 1 rings (SSSR count). The van der Waals surface area contributed by atoms with Crippen molar-refractivity contribution in [1.29, 1.82) is 0 Å². The van der Waals surface area contributed by atoms with Crippen LogP contribution in [0.4, 0.5) is 0 Å². The fourth-order valence-corrected chi connectivity index (χ4v) is 2.63. The highest BCUT2D eigenvalue weighted by Crippen LogP contribution is 2.31. The Bertz CT molecular complexity index is 390. The number of likely N-dealkylation sites (N-methyl/N-ethyl adjacent to an activating group) is 1. The molecule has 0 N–H and O–H groups in total. The first-order chi connectivity index (χ1) is 9.16. The van der Waals surface area contributed by atoms with Crippen LogP contribution in [0, 0.1) is 5.41 Å². The van der Waals surface area contributed by atoms with E-state index in [4.69, 9.17) is 4.74 Å². The SMILES string of the molecule is CO/C(C)=C(/C=C(\C)N1CCN(C)C(C)C1)C(C)(C)C. The van der Waals surface area contributed by atoms with Gasteiger partial charge in [0.15, 0.2) is 0 Å². The molecule has 1 heterocycles. The van der Waals surface area contributed by atoms with Crippen molar-refractivity contribution in [2.24, 2.45) is 5.41 Å². The Kier molecular flexibility index (Phi) is 5.69. The van der Waals surface area contributed by atoms with E-state index in [0.717, 1.165) is 25.4 Å². The molecule has 0 bridgehead atoms. The monoisotopic (exact) mass is 280 g/mol. The summed E-state index contributed by atoms with van der Waals surface area (Å²) in [6, 6.07) is 0.609. The van der Waals surface area contributed by atoms with E-state index in [2.05, 4.69) is 64.5 Å². The third-order valence-corrected chi connectivity index (χ3v) is 4.31. The van der Waals surface area contributed by atoms with Crippen LogP contribution in [0.25, 0.3) is 0 Å². The van der Waals surface area contributed by atoms with Gasteiger partial charge in [0.2, 0.25) is 0 Å². The quantitative estimate of drug-likeness (QED) is 0.581.